The van der Waals surface area contributed by atoms with Crippen molar-refractivity contribution in [1.29, 1.82) is 0 Å². The molecule has 0 aliphatic carbocycles. The van der Waals surface area contributed by atoms with Crippen LogP contribution in [0.15, 0.2) is 6.20 Å². The van der Waals surface area contributed by atoms with Crippen molar-refractivity contribution in [3.05, 3.63) is 17.5 Å². The minimum Gasteiger partial charge on any atom is -0.326 e. The summed E-state index contributed by atoms with van der Waals surface area (Å²) in [5.74, 6) is 0.685. The molecule has 1 unspecified atom stereocenters. The second-order valence-corrected chi connectivity index (χ2v) is 3.68. The minimum absolute atomic E-state index is 0.590. The van der Waals surface area contributed by atoms with E-state index in [1.807, 2.05) is 11.6 Å². The molecule has 0 aromatic carbocycles. The lowest BCUT2D eigenvalue weighted by molar-refractivity contribution is 0.437. The zero-order valence-electron chi connectivity index (χ0n) is 8.75. The number of hydrogen-bond donors (Lipinski definition) is 1. The minimum atomic E-state index is 0.590. The maximum Gasteiger partial charge on any atom is 0.0638 e. The van der Waals surface area contributed by atoms with Crippen molar-refractivity contribution in [2.45, 2.75) is 40.3 Å². The van der Waals surface area contributed by atoms with Crippen LogP contribution in [0.4, 0.5) is 0 Å². The van der Waals surface area contributed by atoms with E-state index in [0.717, 1.165) is 17.8 Å². The molecule has 1 aromatic heterocycles. The number of nitrogens with two attached hydrogens (primary N) is 1. The van der Waals surface area contributed by atoms with E-state index in [4.69, 9.17) is 5.73 Å². The summed E-state index contributed by atoms with van der Waals surface area (Å²) < 4.78 is 2.01. The molecule has 3 heteroatoms. The van der Waals surface area contributed by atoms with Gasteiger partial charge in [0.2, 0.25) is 0 Å². The molecule has 0 bridgehead atoms. The van der Waals surface area contributed by atoms with Gasteiger partial charge in [0.15, 0.2) is 0 Å². The quantitative estimate of drug-likeness (QED) is 0.768. The van der Waals surface area contributed by atoms with Gasteiger partial charge in [-0.2, -0.15) is 5.10 Å². The molecule has 1 rings (SSSR count). The summed E-state index contributed by atoms with van der Waals surface area (Å²) in [4.78, 5) is 0. The Balaban J connectivity index is 2.67. The van der Waals surface area contributed by atoms with Crippen LogP contribution in [0.1, 0.15) is 31.5 Å². The van der Waals surface area contributed by atoms with Crippen molar-refractivity contribution in [2.75, 3.05) is 0 Å². The summed E-state index contributed by atoms with van der Waals surface area (Å²) in [5, 5.41) is 4.41. The van der Waals surface area contributed by atoms with Gasteiger partial charge in [0.25, 0.3) is 0 Å². The van der Waals surface area contributed by atoms with Gasteiger partial charge < -0.3 is 5.73 Å². The maximum absolute atomic E-state index is 5.57. The Hall–Kier alpha value is -0.830. The molecule has 74 valence electrons. The number of rotatable bonds is 4. The van der Waals surface area contributed by atoms with E-state index in [0.29, 0.717) is 12.5 Å². The zero-order chi connectivity index (χ0) is 9.84. The summed E-state index contributed by atoms with van der Waals surface area (Å²) in [6, 6.07) is 0. The summed E-state index contributed by atoms with van der Waals surface area (Å²) in [6.07, 6.45) is 3.25. The molecule has 0 aliphatic heterocycles. The van der Waals surface area contributed by atoms with E-state index in [2.05, 4.69) is 25.1 Å². The fourth-order valence-corrected chi connectivity index (χ4v) is 1.30. The molecule has 13 heavy (non-hydrogen) atoms. The van der Waals surface area contributed by atoms with E-state index in [1.54, 1.807) is 0 Å². The molecule has 0 spiro atoms. The van der Waals surface area contributed by atoms with Crippen LogP contribution in [0.3, 0.4) is 0 Å². The number of aryl methyl sites for hydroxylation is 1. The van der Waals surface area contributed by atoms with Gasteiger partial charge in [-0.15, -0.1) is 0 Å². The van der Waals surface area contributed by atoms with Crippen molar-refractivity contribution in [1.82, 2.24) is 9.78 Å². The molecule has 0 amide bonds. The van der Waals surface area contributed by atoms with Gasteiger partial charge in [-0.3, -0.25) is 4.68 Å². The van der Waals surface area contributed by atoms with Gasteiger partial charge >= 0.3 is 0 Å². The Morgan fingerprint density at radius 3 is 2.77 bits per heavy atom. The van der Waals surface area contributed by atoms with Gasteiger partial charge in [-0.25, -0.2) is 0 Å². The average Bonchev–Trinajstić information content (AvgIpc) is 2.46. The van der Waals surface area contributed by atoms with E-state index < -0.39 is 0 Å². The second-order valence-electron chi connectivity index (χ2n) is 3.68. The predicted molar refractivity (Wildman–Crippen MR) is 54.3 cm³/mol. The average molecular weight is 181 g/mol. The summed E-state index contributed by atoms with van der Waals surface area (Å²) in [5.41, 5.74) is 7.79. The van der Waals surface area contributed by atoms with Crippen LogP contribution >= 0.6 is 0 Å². The third-order valence-electron chi connectivity index (χ3n) is 2.46. The molecule has 1 atom stereocenters. The molecule has 0 radical (unpaired) electrons. The maximum atomic E-state index is 5.57. The van der Waals surface area contributed by atoms with Gasteiger partial charge in [-0.1, -0.05) is 20.3 Å². The van der Waals surface area contributed by atoms with E-state index in [1.165, 1.54) is 6.42 Å². The van der Waals surface area contributed by atoms with Crippen molar-refractivity contribution in [2.24, 2.45) is 11.7 Å². The first kappa shape index (κ1) is 10.3. The fourth-order valence-electron chi connectivity index (χ4n) is 1.30. The lowest BCUT2D eigenvalue weighted by Gasteiger charge is -2.07. The van der Waals surface area contributed by atoms with Crippen LogP contribution in [0.5, 0.6) is 0 Å². The van der Waals surface area contributed by atoms with Gasteiger partial charge in [0.1, 0.15) is 0 Å². The highest BCUT2D eigenvalue weighted by Gasteiger charge is 2.05. The number of aromatic nitrogens is 2. The smallest absolute Gasteiger partial charge is 0.0638 e. The molecule has 0 saturated heterocycles. The van der Waals surface area contributed by atoms with Gasteiger partial charge in [0.05, 0.1) is 5.69 Å². The Bertz CT molecular complexity index is 265. The molecule has 0 aliphatic rings. The first-order valence-electron chi connectivity index (χ1n) is 4.90. The zero-order valence-corrected chi connectivity index (χ0v) is 8.75. The topological polar surface area (TPSA) is 43.8 Å². The summed E-state index contributed by atoms with van der Waals surface area (Å²) in [7, 11) is 0. The van der Waals surface area contributed by atoms with E-state index in [9.17, 15) is 0 Å². The van der Waals surface area contributed by atoms with Crippen LogP contribution in [0.2, 0.25) is 0 Å². The molecule has 2 N–H and O–H groups in total. The Labute approximate surface area is 79.9 Å². The van der Waals surface area contributed by atoms with Crippen molar-refractivity contribution < 1.29 is 0 Å². The van der Waals surface area contributed by atoms with Crippen LogP contribution in [-0.4, -0.2) is 9.78 Å². The molecule has 3 nitrogen and oxygen atoms in total. The largest absolute Gasteiger partial charge is 0.326 e. The first-order chi connectivity index (χ1) is 6.17. The highest BCUT2D eigenvalue weighted by atomic mass is 15.3. The Morgan fingerprint density at radius 1 is 1.62 bits per heavy atom. The van der Waals surface area contributed by atoms with Crippen LogP contribution in [0.25, 0.3) is 0 Å². The van der Waals surface area contributed by atoms with Crippen LogP contribution in [-0.2, 0) is 13.1 Å². The molecule has 0 fully saturated rings. The van der Waals surface area contributed by atoms with Gasteiger partial charge in [0, 0.05) is 24.8 Å². The number of hydrogen-bond acceptors (Lipinski definition) is 2. The third kappa shape index (κ3) is 2.56. The van der Waals surface area contributed by atoms with Crippen molar-refractivity contribution in [3.8, 4) is 0 Å². The van der Waals surface area contributed by atoms with Crippen molar-refractivity contribution in [3.63, 3.8) is 0 Å². The predicted octanol–water partition coefficient (Wildman–Crippen LogP) is 1.70. The Morgan fingerprint density at radius 2 is 2.31 bits per heavy atom. The molecule has 1 aromatic rings. The normalized spacial score (nSPS) is 13.2. The third-order valence-corrected chi connectivity index (χ3v) is 2.46. The molecular formula is C10H19N3. The van der Waals surface area contributed by atoms with Crippen molar-refractivity contribution >= 4 is 0 Å². The SMILES string of the molecule is CCC(C)Cn1cc(CN)c(C)n1. The molecular weight excluding hydrogens is 162 g/mol. The highest BCUT2D eigenvalue weighted by Crippen LogP contribution is 2.08. The molecule has 1 heterocycles. The first-order valence-corrected chi connectivity index (χ1v) is 4.90. The second kappa shape index (κ2) is 4.42. The fraction of sp³-hybridized carbons (Fsp3) is 0.700. The Kier molecular flexibility index (Phi) is 3.48. The standard InChI is InChI=1S/C10H19N3/c1-4-8(2)6-13-7-10(5-11)9(3)12-13/h7-8H,4-6,11H2,1-3H3. The molecule has 0 saturated carbocycles. The summed E-state index contributed by atoms with van der Waals surface area (Å²) in [6.45, 7) is 8.03. The number of nitrogens with zero attached hydrogens (tertiary/aromatic N) is 2. The van der Waals surface area contributed by atoms with E-state index >= 15 is 0 Å². The highest BCUT2D eigenvalue weighted by molar-refractivity contribution is 5.14. The lowest BCUT2D eigenvalue weighted by atomic mass is 10.1. The summed E-state index contributed by atoms with van der Waals surface area (Å²) >= 11 is 0. The van der Waals surface area contributed by atoms with E-state index in [-0.39, 0.29) is 0 Å². The van der Waals surface area contributed by atoms with Crippen LogP contribution < -0.4 is 5.73 Å². The lowest BCUT2D eigenvalue weighted by Crippen LogP contribution is -2.07. The van der Waals surface area contributed by atoms with Crippen LogP contribution in [0, 0.1) is 12.8 Å². The monoisotopic (exact) mass is 181 g/mol. The van der Waals surface area contributed by atoms with Gasteiger partial charge in [-0.05, 0) is 12.8 Å².